The van der Waals surface area contributed by atoms with Crippen molar-refractivity contribution in [3.05, 3.63) is 148 Å². The van der Waals surface area contributed by atoms with Crippen LogP contribution in [0.25, 0.3) is 10.8 Å². The van der Waals surface area contributed by atoms with E-state index in [2.05, 4.69) is 93.0 Å². The molecule has 0 aromatic heterocycles. The van der Waals surface area contributed by atoms with Crippen molar-refractivity contribution in [2.75, 3.05) is 5.32 Å². The first-order chi connectivity index (χ1) is 20.1. The third-order valence-corrected chi connectivity index (χ3v) is 7.92. The number of hydrogen-bond acceptors (Lipinski definition) is 3. The second kappa shape index (κ2) is 12.3. The molecule has 6 rings (SSSR count). The SMILES string of the molecule is O=C(N[C@H]1C[C@@H](c2ccc(Br)cc2)Nc2c(CC#Cc3ccc4ccccc4c3)cccc21)OCc1ccccc1. The topological polar surface area (TPSA) is 50.4 Å². The molecular weight excluding hydrogens is 572 g/mol. The zero-order chi connectivity index (χ0) is 28.0. The summed E-state index contributed by atoms with van der Waals surface area (Å²) in [6.07, 6.45) is 0.852. The number of fused-ring (bicyclic) bond motifs is 2. The van der Waals surface area contributed by atoms with Gasteiger partial charge in [0, 0.05) is 22.1 Å². The summed E-state index contributed by atoms with van der Waals surface area (Å²) in [5, 5.41) is 9.29. The molecule has 0 saturated heterocycles. The third kappa shape index (κ3) is 6.45. The van der Waals surface area contributed by atoms with Crippen LogP contribution in [0, 0.1) is 11.8 Å². The Morgan fingerprint density at radius 1 is 0.878 bits per heavy atom. The Labute approximate surface area is 248 Å². The largest absolute Gasteiger partial charge is 0.445 e. The smallest absolute Gasteiger partial charge is 0.407 e. The third-order valence-electron chi connectivity index (χ3n) is 7.39. The number of ether oxygens (including phenoxy) is 1. The summed E-state index contributed by atoms with van der Waals surface area (Å²) in [6, 6.07) is 38.7. The number of nitrogens with one attached hydrogen (secondary N) is 2. The van der Waals surface area contributed by atoms with E-state index in [9.17, 15) is 4.79 Å². The average Bonchev–Trinajstić information content (AvgIpc) is 3.01. The van der Waals surface area contributed by atoms with E-state index in [4.69, 9.17) is 4.74 Å². The van der Waals surface area contributed by atoms with Crippen molar-refractivity contribution < 1.29 is 9.53 Å². The van der Waals surface area contributed by atoms with Crippen molar-refractivity contribution >= 4 is 38.5 Å². The summed E-state index contributed by atoms with van der Waals surface area (Å²) >= 11 is 3.54. The highest BCUT2D eigenvalue weighted by molar-refractivity contribution is 9.10. The first-order valence-corrected chi connectivity index (χ1v) is 14.5. The van der Waals surface area contributed by atoms with Crippen molar-refractivity contribution in [1.29, 1.82) is 0 Å². The highest BCUT2D eigenvalue weighted by atomic mass is 79.9. The van der Waals surface area contributed by atoms with Crippen LogP contribution in [0.4, 0.5) is 10.5 Å². The lowest BCUT2D eigenvalue weighted by atomic mass is 9.87. The first-order valence-electron chi connectivity index (χ1n) is 13.7. The van der Waals surface area contributed by atoms with Gasteiger partial charge in [-0.25, -0.2) is 4.79 Å². The zero-order valence-electron chi connectivity index (χ0n) is 22.4. The van der Waals surface area contributed by atoms with Crippen LogP contribution in [0.15, 0.2) is 120 Å². The van der Waals surface area contributed by atoms with E-state index < -0.39 is 6.09 Å². The first kappa shape index (κ1) is 26.7. The Kier molecular flexibility index (Phi) is 8.02. The summed E-state index contributed by atoms with van der Waals surface area (Å²) in [5.74, 6) is 6.72. The van der Waals surface area contributed by atoms with E-state index in [-0.39, 0.29) is 18.7 Å². The molecule has 1 amide bonds. The molecule has 41 heavy (non-hydrogen) atoms. The van der Waals surface area contributed by atoms with Crippen LogP contribution < -0.4 is 10.6 Å². The number of para-hydroxylation sites is 1. The molecule has 5 aromatic carbocycles. The van der Waals surface area contributed by atoms with Gasteiger partial charge < -0.3 is 15.4 Å². The Balaban J connectivity index is 1.25. The van der Waals surface area contributed by atoms with E-state index >= 15 is 0 Å². The highest BCUT2D eigenvalue weighted by Gasteiger charge is 2.30. The molecule has 0 radical (unpaired) electrons. The lowest BCUT2D eigenvalue weighted by Gasteiger charge is -2.35. The van der Waals surface area contributed by atoms with E-state index in [1.54, 1.807) is 0 Å². The number of rotatable bonds is 5. The molecule has 202 valence electrons. The maximum absolute atomic E-state index is 12.9. The highest BCUT2D eigenvalue weighted by Crippen LogP contribution is 2.41. The van der Waals surface area contributed by atoms with E-state index in [0.29, 0.717) is 12.8 Å². The van der Waals surface area contributed by atoms with Crippen LogP contribution in [-0.2, 0) is 17.8 Å². The number of hydrogen-bond donors (Lipinski definition) is 2. The molecule has 0 fully saturated rings. The number of benzene rings is 5. The second-order valence-electron chi connectivity index (χ2n) is 10.2. The molecule has 2 N–H and O–H groups in total. The minimum atomic E-state index is -0.428. The summed E-state index contributed by atoms with van der Waals surface area (Å²) in [6.45, 7) is 0.227. The standard InChI is InChI=1S/C36H29BrN2O2/c37-31-20-18-28(19-21-31)33-23-34(39-36(40)41-24-26-8-2-1-3-9-26)32-15-7-14-29(35(32)38-33)13-6-10-25-16-17-27-11-4-5-12-30(27)22-25/h1-5,7-9,11-12,14-22,33-34,38H,13,23-24H2,(H,39,40)/t33-,34-/m0/s1. The molecule has 1 heterocycles. The predicted molar refractivity (Wildman–Crippen MR) is 169 cm³/mol. The van der Waals surface area contributed by atoms with Gasteiger partial charge in [-0.3, -0.25) is 0 Å². The lowest BCUT2D eigenvalue weighted by Crippen LogP contribution is -2.35. The van der Waals surface area contributed by atoms with Gasteiger partial charge in [0.1, 0.15) is 6.61 Å². The number of alkyl carbamates (subject to hydrolysis) is 1. The van der Waals surface area contributed by atoms with Gasteiger partial charge >= 0.3 is 6.09 Å². The van der Waals surface area contributed by atoms with Crippen molar-refractivity contribution in [1.82, 2.24) is 5.32 Å². The second-order valence-corrected chi connectivity index (χ2v) is 11.1. The molecule has 1 aliphatic rings. The van der Waals surface area contributed by atoms with Gasteiger partial charge in [-0.15, -0.1) is 0 Å². The Morgan fingerprint density at radius 3 is 2.49 bits per heavy atom. The van der Waals surface area contributed by atoms with Gasteiger partial charge in [0.05, 0.1) is 12.1 Å². The Hall–Kier alpha value is -4.53. The molecule has 4 nitrogen and oxygen atoms in total. The zero-order valence-corrected chi connectivity index (χ0v) is 24.0. The quantitative estimate of drug-likeness (QED) is 0.198. The molecule has 0 spiro atoms. The number of amides is 1. The number of carbonyl (C=O) groups excluding carboxylic acids is 1. The molecule has 1 aliphatic heterocycles. The molecule has 2 atom stereocenters. The average molecular weight is 602 g/mol. The molecule has 5 aromatic rings. The number of anilines is 1. The van der Waals surface area contributed by atoms with Crippen LogP contribution in [0.2, 0.25) is 0 Å². The van der Waals surface area contributed by atoms with Gasteiger partial charge in [-0.1, -0.05) is 119 Å². The molecule has 0 aliphatic carbocycles. The summed E-state index contributed by atoms with van der Waals surface area (Å²) < 4.78 is 6.61. The molecule has 5 heteroatoms. The normalized spacial score (nSPS) is 15.6. The summed E-state index contributed by atoms with van der Waals surface area (Å²) in [4.78, 5) is 12.9. The van der Waals surface area contributed by atoms with Crippen molar-refractivity contribution in [3.63, 3.8) is 0 Å². The van der Waals surface area contributed by atoms with E-state index in [1.807, 2.05) is 60.7 Å². The maximum atomic E-state index is 12.9. The Bertz CT molecular complexity index is 1740. The lowest BCUT2D eigenvalue weighted by molar-refractivity contribution is 0.134. The minimum absolute atomic E-state index is 0.0182. The van der Waals surface area contributed by atoms with Gasteiger partial charge in [0.15, 0.2) is 0 Å². The van der Waals surface area contributed by atoms with Gasteiger partial charge in [-0.2, -0.15) is 0 Å². The van der Waals surface area contributed by atoms with E-state index in [1.165, 1.54) is 10.8 Å². The summed E-state index contributed by atoms with van der Waals surface area (Å²) in [7, 11) is 0. The summed E-state index contributed by atoms with van der Waals surface area (Å²) in [5.41, 5.74) is 6.26. The van der Waals surface area contributed by atoms with Crippen LogP contribution in [0.1, 0.15) is 46.3 Å². The molecule has 0 bridgehead atoms. The minimum Gasteiger partial charge on any atom is -0.445 e. The van der Waals surface area contributed by atoms with Crippen LogP contribution >= 0.6 is 15.9 Å². The molecule has 0 unspecified atom stereocenters. The molecule has 0 saturated carbocycles. The molecular formula is C36H29BrN2O2. The van der Waals surface area contributed by atoms with Gasteiger partial charge in [0.25, 0.3) is 0 Å². The maximum Gasteiger partial charge on any atom is 0.407 e. The van der Waals surface area contributed by atoms with Crippen molar-refractivity contribution in [2.24, 2.45) is 0 Å². The van der Waals surface area contributed by atoms with E-state index in [0.717, 1.165) is 38.0 Å². The van der Waals surface area contributed by atoms with Crippen LogP contribution in [0.5, 0.6) is 0 Å². The monoisotopic (exact) mass is 600 g/mol. The van der Waals surface area contributed by atoms with Crippen molar-refractivity contribution in [2.45, 2.75) is 31.5 Å². The predicted octanol–water partition coefficient (Wildman–Crippen LogP) is 8.72. The van der Waals surface area contributed by atoms with Gasteiger partial charge in [-0.05, 0) is 63.7 Å². The fraction of sp³-hybridized carbons (Fsp3) is 0.139. The number of carbonyl (C=O) groups is 1. The van der Waals surface area contributed by atoms with Crippen LogP contribution in [-0.4, -0.2) is 6.09 Å². The fourth-order valence-corrected chi connectivity index (χ4v) is 5.56. The van der Waals surface area contributed by atoms with Gasteiger partial charge in [0.2, 0.25) is 0 Å². The van der Waals surface area contributed by atoms with Crippen molar-refractivity contribution in [3.8, 4) is 11.8 Å². The van der Waals surface area contributed by atoms with Crippen LogP contribution in [0.3, 0.4) is 0 Å². The number of halogens is 1. The fourth-order valence-electron chi connectivity index (χ4n) is 5.30. The Morgan fingerprint density at radius 2 is 1.66 bits per heavy atom.